The summed E-state index contributed by atoms with van der Waals surface area (Å²) in [6, 6.07) is 0. The van der Waals surface area contributed by atoms with Crippen LogP contribution in [0.25, 0.3) is 0 Å². The molecule has 0 saturated heterocycles. The molecule has 0 radical (unpaired) electrons. The van der Waals surface area contributed by atoms with E-state index in [1.165, 1.54) is 11.1 Å². The van der Waals surface area contributed by atoms with Gasteiger partial charge in [-0.3, -0.25) is 0 Å². The van der Waals surface area contributed by atoms with Crippen LogP contribution in [0.2, 0.25) is 0 Å². The number of allylic oxidation sites excluding steroid dienone is 2. The molecule has 0 bridgehead atoms. The van der Waals surface area contributed by atoms with Crippen molar-refractivity contribution in [2.45, 2.75) is 39.5 Å². The van der Waals surface area contributed by atoms with E-state index in [9.17, 15) is 0 Å². The summed E-state index contributed by atoms with van der Waals surface area (Å²) < 4.78 is 32.4. The van der Waals surface area contributed by atoms with Crippen molar-refractivity contribution in [3.05, 3.63) is 23.7 Å². The molecule has 0 heterocycles. The topological polar surface area (TPSA) is 55.4 Å². The van der Waals surface area contributed by atoms with E-state index in [1.807, 2.05) is 26.4 Å². The Bertz CT molecular complexity index is 346. The molecule has 1 aliphatic rings. The summed E-state index contributed by atoms with van der Waals surface area (Å²) in [5.74, 6) is 0. The second kappa shape index (κ2) is 17.3. The average molecular weight is 373 g/mol. The zero-order valence-electron chi connectivity index (χ0n) is 16.5. The number of ether oxygens (including phenoxy) is 6. The lowest BCUT2D eigenvalue weighted by atomic mass is 9.92. The Hall–Kier alpha value is -1.08. The molecule has 6 nitrogen and oxygen atoms in total. The first-order valence-electron chi connectivity index (χ1n) is 9.76. The maximum absolute atomic E-state index is 5.59. The predicted octanol–water partition coefficient (Wildman–Crippen LogP) is 3.47. The fourth-order valence-corrected chi connectivity index (χ4v) is 2.51. The summed E-state index contributed by atoms with van der Waals surface area (Å²) in [6.07, 6.45) is 8.01. The smallest absolute Gasteiger partial charge is 0.111 e. The van der Waals surface area contributed by atoms with E-state index < -0.39 is 0 Å². The van der Waals surface area contributed by atoms with Crippen molar-refractivity contribution in [3.63, 3.8) is 0 Å². The lowest BCUT2D eigenvalue weighted by Gasteiger charge is -2.17. The summed E-state index contributed by atoms with van der Waals surface area (Å²) >= 11 is 0. The summed E-state index contributed by atoms with van der Waals surface area (Å²) in [6.45, 7) is 10.3. The van der Waals surface area contributed by atoms with E-state index in [0.29, 0.717) is 52.9 Å². The largest absolute Gasteiger partial charge is 0.499 e. The van der Waals surface area contributed by atoms with E-state index in [2.05, 4.69) is 0 Å². The van der Waals surface area contributed by atoms with Crippen LogP contribution in [0, 0.1) is 0 Å². The van der Waals surface area contributed by atoms with Crippen LogP contribution < -0.4 is 0 Å². The fraction of sp³-hybridized carbons (Fsp3) is 0.800. The van der Waals surface area contributed by atoms with Crippen molar-refractivity contribution in [1.82, 2.24) is 0 Å². The summed E-state index contributed by atoms with van der Waals surface area (Å²) in [5, 5.41) is 0. The normalized spacial score (nSPS) is 17.8. The van der Waals surface area contributed by atoms with Gasteiger partial charge in [0.15, 0.2) is 0 Å². The van der Waals surface area contributed by atoms with E-state index in [4.69, 9.17) is 28.4 Å². The van der Waals surface area contributed by atoms with Gasteiger partial charge in [0.25, 0.3) is 0 Å². The minimum atomic E-state index is 0.574. The van der Waals surface area contributed by atoms with E-state index >= 15 is 0 Å². The molecule has 0 amide bonds. The molecule has 6 heteroatoms. The molecule has 0 aliphatic heterocycles. The van der Waals surface area contributed by atoms with Crippen LogP contribution in [0.1, 0.15) is 39.5 Å². The minimum absolute atomic E-state index is 0.574. The lowest BCUT2D eigenvalue weighted by Crippen LogP contribution is -2.09. The van der Waals surface area contributed by atoms with Gasteiger partial charge >= 0.3 is 0 Å². The first-order valence-corrected chi connectivity index (χ1v) is 9.76. The van der Waals surface area contributed by atoms with Crippen LogP contribution in [-0.2, 0) is 28.4 Å². The molecule has 0 aromatic carbocycles. The van der Waals surface area contributed by atoms with Crippen LogP contribution in [0.5, 0.6) is 0 Å². The van der Waals surface area contributed by atoms with Gasteiger partial charge in [-0.2, -0.15) is 0 Å². The fourth-order valence-electron chi connectivity index (χ4n) is 2.51. The molecule has 0 spiro atoms. The molecule has 1 rings (SSSR count). The van der Waals surface area contributed by atoms with Crippen LogP contribution in [0.4, 0.5) is 0 Å². The van der Waals surface area contributed by atoms with Gasteiger partial charge in [0.2, 0.25) is 0 Å². The van der Waals surface area contributed by atoms with E-state index in [0.717, 1.165) is 38.9 Å². The quantitative estimate of drug-likeness (QED) is 0.305. The Labute approximate surface area is 158 Å². The molecule has 1 fully saturated rings. The van der Waals surface area contributed by atoms with Gasteiger partial charge in [-0.25, -0.2) is 0 Å². The van der Waals surface area contributed by atoms with E-state index in [1.54, 1.807) is 0 Å². The van der Waals surface area contributed by atoms with Gasteiger partial charge in [0.05, 0.1) is 52.2 Å². The maximum Gasteiger partial charge on any atom is 0.111 e. The minimum Gasteiger partial charge on any atom is -0.499 e. The molecule has 0 unspecified atom stereocenters. The van der Waals surface area contributed by atoms with Crippen molar-refractivity contribution in [2.75, 3.05) is 66.1 Å². The zero-order chi connectivity index (χ0) is 18.7. The first kappa shape index (κ1) is 23.0. The van der Waals surface area contributed by atoms with Gasteiger partial charge in [-0.15, -0.1) is 0 Å². The van der Waals surface area contributed by atoms with Gasteiger partial charge < -0.3 is 28.4 Å². The SMILES string of the molecule is CCOCCOCCOC=C1CCCC(=COCCOCCOCC)C1. The average Bonchev–Trinajstić information content (AvgIpc) is 2.66. The van der Waals surface area contributed by atoms with Gasteiger partial charge in [0, 0.05) is 13.2 Å². The molecule has 0 aromatic rings. The van der Waals surface area contributed by atoms with Gasteiger partial charge in [-0.1, -0.05) is 0 Å². The third kappa shape index (κ3) is 13.2. The molecular formula is C20H36O6. The zero-order valence-corrected chi connectivity index (χ0v) is 16.5. The van der Waals surface area contributed by atoms with Crippen molar-refractivity contribution < 1.29 is 28.4 Å². The van der Waals surface area contributed by atoms with Crippen molar-refractivity contribution in [3.8, 4) is 0 Å². The van der Waals surface area contributed by atoms with E-state index in [-0.39, 0.29) is 0 Å². The monoisotopic (exact) mass is 372 g/mol. The van der Waals surface area contributed by atoms with Crippen LogP contribution in [0.3, 0.4) is 0 Å². The van der Waals surface area contributed by atoms with Crippen LogP contribution in [0.15, 0.2) is 23.7 Å². The highest BCUT2D eigenvalue weighted by molar-refractivity contribution is 5.16. The predicted molar refractivity (Wildman–Crippen MR) is 101 cm³/mol. The Morgan fingerprint density at radius 3 is 1.50 bits per heavy atom. The lowest BCUT2D eigenvalue weighted by molar-refractivity contribution is 0.0336. The third-order valence-electron chi connectivity index (χ3n) is 3.79. The van der Waals surface area contributed by atoms with Crippen molar-refractivity contribution in [2.24, 2.45) is 0 Å². The molecule has 152 valence electrons. The molecule has 0 atom stereocenters. The Kier molecular flexibility index (Phi) is 15.3. The Morgan fingerprint density at radius 1 is 0.615 bits per heavy atom. The van der Waals surface area contributed by atoms with Gasteiger partial charge in [-0.05, 0) is 50.7 Å². The molecule has 0 N–H and O–H groups in total. The molecule has 1 saturated carbocycles. The highest BCUT2D eigenvalue weighted by Crippen LogP contribution is 2.27. The van der Waals surface area contributed by atoms with Crippen LogP contribution in [-0.4, -0.2) is 66.1 Å². The Morgan fingerprint density at radius 2 is 1.04 bits per heavy atom. The molecule has 1 aliphatic carbocycles. The van der Waals surface area contributed by atoms with Crippen LogP contribution >= 0.6 is 0 Å². The first-order chi connectivity index (χ1) is 12.9. The Balaban J connectivity index is 2.05. The number of hydrogen-bond acceptors (Lipinski definition) is 6. The standard InChI is InChI=1S/C20H36O6/c1-3-21-8-10-23-12-14-25-17-19-6-5-7-20(16-19)18-26-15-13-24-11-9-22-4-2/h17-18H,3-16H2,1-2H3. The molecular weight excluding hydrogens is 336 g/mol. The third-order valence-corrected chi connectivity index (χ3v) is 3.79. The van der Waals surface area contributed by atoms with Gasteiger partial charge in [0.1, 0.15) is 13.2 Å². The molecule has 26 heavy (non-hydrogen) atoms. The summed E-state index contributed by atoms with van der Waals surface area (Å²) in [4.78, 5) is 0. The highest BCUT2D eigenvalue weighted by atomic mass is 16.5. The highest BCUT2D eigenvalue weighted by Gasteiger charge is 2.11. The molecule has 0 aromatic heterocycles. The second-order valence-electron chi connectivity index (χ2n) is 5.94. The maximum atomic E-state index is 5.59. The van der Waals surface area contributed by atoms with Crippen molar-refractivity contribution in [1.29, 1.82) is 0 Å². The summed E-state index contributed by atoms with van der Waals surface area (Å²) in [5.41, 5.74) is 2.63. The summed E-state index contributed by atoms with van der Waals surface area (Å²) in [7, 11) is 0. The second-order valence-corrected chi connectivity index (χ2v) is 5.94. The van der Waals surface area contributed by atoms with Crippen molar-refractivity contribution >= 4 is 0 Å². The number of rotatable bonds is 16. The number of hydrogen-bond donors (Lipinski definition) is 0.